The fourth-order valence-electron chi connectivity index (χ4n) is 2.65. The highest BCUT2D eigenvalue weighted by Crippen LogP contribution is 2.31. The fraction of sp³-hybridized carbons (Fsp3) is 0.353. The van der Waals surface area contributed by atoms with Crippen LogP contribution < -0.4 is 5.32 Å². The number of carbonyl (C=O) groups is 2. The van der Waals surface area contributed by atoms with Crippen molar-refractivity contribution in [1.29, 1.82) is 5.26 Å². The summed E-state index contributed by atoms with van der Waals surface area (Å²) in [5, 5.41) is 11.9. The van der Waals surface area contributed by atoms with Crippen molar-refractivity contribution in [2.75, 3.05) is 13.1 Å². The fourth-order valence-corrected chi connectivity index (χ4v) is 3.47. The van der Waals surface area contributed by atoms with E-state index in [9.17, 15) is 18.4 Å². The third kappa shape index (κ3) is 4.25. The number of likely N-dealkylation sites (tertiary alicyclic amines) is 1. The summed E-state index contributed by atoms with van der Waals surface area (Å²) in [6.07, 6.45) is 2.34. The number of thiazole rings is 1. The standard InChI is InChI=1S/C17H15F2N5O2S/c1-10-2-3-11(6-21-10)16-23-7-13(27-16)15(26)22-8-14(25)24-9-17(18,19)4-12(24)5-20/h2-3,6-7,12H,4,8-9H2,1H3,(H,22,26)/t12-/m0/s1. The Morgan fingerprint density at radius 3 is 2.85 bits per heavy atom. The largest absolute Gasteiger partial charge is 0.342 e. The van der Waals surface area contributed by atoms with E-state index in [0.717, 1.165) is 27.5 Å². The molecule has 0 unspecified atom stereocenters. The van der Waals surface area contributed by atoms with Crippen LogP contribution in [0.25, 0.3) is 10.6 Å². The first-order valence-electron chi connectivity index (χ1n) is 8.03. The van der Waals surface area contributed by atoms with Crippen molar-refractivity contribution >= 4 is 23.2 Å². The smallest absolute Gasteiger partial charge is 0.268 e. The Balaban J connectivity index is 1.61. The van der Waals surface area contributed by atoms with Gasteiger partial charge in [0.1, 0.15) is 15.9 Å². The summed E-state index contributed by atoms with van der Waals surface area (Å²) >= 11 is 1.13. The summed E-state index contributed by atoms with van der Waals surface area (Å²) in [6, 6.07) is 4.17. The molecule has 10 heteroatoms. The Morgan fingerprint density at radius 2 is 2.19 bits per heavy atom. The molecule has 140 valence electrons. The molecular weight excluding hydrogens is 376 g/mol. The number of amides is 2. The predicted octanol–water partition coefficient (Wildman–Crippen LogP) is 2.00. The number of halogens is 2. The maximum Gasteiger partial charge on any atom is 0.268 e. The number of hydrogen-bond donors (Lipinski definition) is 1. The molecule has 7 nitrogen and oxygen atoms in total. The third-order valence-electron chi connectivity index (χ3n) is 4.03. The number of pyridine rings is 1. The van der Waals surface area contributed by atoms with Gasteiger partial charge in [-0.25, -0.2) is 13.8 Å². The van der Waals surface area contributed by atoms with Gasteiger partial charge in [0.05, 0.1) is 25.4 Å². The Kier molecular flexibility index (Phi) is 5.14. The lowest BCUT2D eigenvalue weighted by Gasteiger charge is -2.19. The maximum atomic E-state index is 13.4. The van der Waals surface area contributed by atoms with Crippen LogP contribution in [-0.4, -0.2) is 51.7 Å². The van der Waals surface area contributed by atoms with Crippen LogP contribution in [0.5, 0.6) is 0 Å². The number of nitriles is 1. The van der Waals surface area contributed by atoms with Crippen LogP contribution in [0.4, 0.5) is 8.78 Å². The zero-order valence-corrected chi connectivity index (χ0v) is 15.1. The number of nitrogens with one attached hydrogen (secondary N) is 1. The van der Waals surface area contributed by atoms with Crippen molar-refractivity contribution < 1.29 is 18.4 Å². The highest BCUT2D eigenvalue weighted by Gasteiger charge is 2.47. The summed E-state index contributed by atoms with van der Waals surface area (Å²) in [5.41, 5.74) is 1.62. The molecule has 2 amide bonds. The molecule has 0 aromatic carbocycles. The highest BCUT2D eigenvalue weighted by molar-refractivity contribution is 7.16. The lowest BCUT2D eigenvalue weighted by Crippen LogP contribution is -2.42. The summed E-state index contributed by atoms with van der Waals surface area (Å²) < 4.78 is 26.8. The van der Waals surface area contributed by atoms with Gasteiger partial charge >= 0.3 is 0 Å². The second-order valence-corrected chi connectivity index (χ2v) is 7.16. The number of rotatable bonds is 4. The monoisotopic (exact) mass is 391 g/mol. The Labute approximate surface area is 157 Å². The van der Waals surface area contributed by atoms with E-state index in [2.05, 4.69) is 15.3 Å². The van der Waals surface area contributed by atoms with E-state index in [1.54, 1.807) is 12.3 Å². The van der Waals surface area contributed by atoms with E-state index in [0.29, 0.717) is 5.01 Å². The van der Waals surface area contributed by atoms with Crippen LogP contribution in [-0.2, 0) is 4.79 Å². The molecule has 0 aliphatic carbocycles. The molecule has 2 aromatic rings. The molecule has 3 rings (SSSR count). The molecule has 1 atom stereocenters. The molecular formula is C17H15F2N5O2S. The second-order valence-electron chi connectivity index (χ2n) is 6.13. The van der Waals surface area contributed by atoms with Crippen LogP contribution in [0.2, 0.25) is 0 Å². The number of carbonyl (C=O) groups excluding carboxylic acids is 2. The summed E-state index contributed by atoms with van der Waals surface area (Å²) in [6.45, 7) is 0.575. The average Bonchev–Trinajstić information content (AvgIpc) is 3.24. The molecule has 1 aliphatic rings. The molecule has 1 N–H and O–H groups in total. The first-order valence-corrected chi connectivity index (χ1v) is 8.85. The lowest BCUT2D eigenvalue weighted by molar-refractivity contribution is -0.131. The second kappa shape index (κ2) is 7.36. The van der Waals surface area contributed by atoms with Crippen LogP contribution in [0.15, 0.2) is 24.5 Å². The van der Waals surface area contributed by atoms with Crippen LogP contribution >= 0.6 is 11.3 Å². The summed E-state index contributed by atoms with van der Waals surface area (Å²) in [7, 11) is 0. The van der Waals surface area contributed by atoms with Gasteiger partial charge in [-0.05, 0) is 19.1 Å². The zero-order chi connectivity index (χ0) is 19.6. The molecule has 0 spiro atoms. The van der Waals surface area contributed by atoms with Gasteiger partial charge in [-0.15, -0.1) is 11.3 Å². The Bertz CT molecular complexity index is 907. The minimum absolute atomic E-state index is 0.280. The molecule has 27 heavy (non-hydrogen) atoms. The molecule has 2 aromatic heterocycles. The topological polar surface area (TPSA) is 99.0 Å². The highest BCUT2D eigenvalue weighted by atomic mass is 32.1. The van der Waals surface area contributed by atoms with Crippen molar-refractivity contribution in [3.8, 4) is 16.6 Å². The Morgan fingerprint density at radius 1 is 1.41 bits per heavy atom. The maximum absolute atomic E-state index is 13.4. The van der Waals surface area contributed by atoms with E-state index in [1.807, 2.05) is 19.1 Å². The van der Waals surface area contributed by atoms with Gasteiger partial charge < -0.3 is 10.2 Å². The molecule has 0 radical (unpaired) electrons. The van der Waals surface area contributed by atoms with Gasteiger partial charge in [-0.2, -0.15) is 5.26 Å². The lowest BCUT2D eigenvalue weighted by atomic mass is 10.2. The van der Waals surface area contributed by atoms with Gasteiger partial charge in [0, 0.05) is 23.9 Å². The normalized spacial score (nSPS) is 18.1. The van der Waals surface area contributed by atoms with Crippen LogP contribution in [0.1, 0.15) is 21.8 Å². The van der Waals surface area contributed by atoms with E-state index in [4.69, 9.17) is 5.26 Å². The molecule has 1 fully saturated rings. The molecule has 1 aliphatic heterocycles. The number of nitrogens with zero attached hydrogens (tertiary/aromatic N) is 4. The van der Waals surface area contributed by atoms with Gasteiger partial charge in [-0.3, -0.25) is 14.6 Å². The van der Waals surface area contributed by atoms with E-state index >= 15 is 0 Å². The zero-order valence-electron chi connectivity index (χ0n) is 14.3. The summed E-state index contributed by atoms with van der Waals surface area (Å²) in [5.74, 6) is -4.35. The number of aromatic nitrogens is 2. The first kappa shape index (κ1) is 18.8. The van der Waals surface area contributed by atoms with Gasteiger partial charge in [0.25, 0.3) is 11.8 Å². The SMILES string of the molecule is Cc1ccc(-c2ncc(C(=O)NCC(=O)N3CC(F)(F)C[C@H]3C#N)s2)cn1. The molecule has 1 saturated heterocycles. The van der Waals surface area contributed by atoms with E-state index in [-0.39, 0.29) is 4.88 Å². The van der Waals surface area contributed by atoms with Crippen LogP contribution in [0.3, 0.4) is 0 Å². The summed E-state index contributed by atoms with van der Waals surface area (Å²) in [4.78, 5) is 33.7. The molecule has 0 saturated carbocycles. The van der Waals surface area contributed by atoms with Crippen molar-refractivity contribution in [1.82, 2.24) is 20.2 Å². The van der Waals surface area contributed by atoms with E-state index < -0.39 is 43.3 Å². The Hall–Kier alpha value is -2.93. The van der Waals surface area contributed by atoms with E-state index in [1.165, 1.54) is 6.20 Å². The van der Waals surface area contributed by atoms with Crippen molar-refractivity contribution in [3.05, 3.63) is 35.1 Å². The quantitative estimate of drug-likeness (QED) is 0.860. The molecule has 3 heterocycles. The van der Waals surface area contributed by atoms with Gasteiger partial charge in [-0.1, -0.05) is 0 Å². The minimum atomic E-state index is -3.09. The van der Waals surface area contributed by atoms with Crippen molar-refractivity contribution in [3.63, 3.8) is 0 Å². The number of hydrogen-bond acceptors (Lipinski definition) is 6. The average molecular weight is 391 g/mol. The first-order chi connectivity index (χ1) is 12.8. The van der Waals surface area contributed by atoms with Crippen LogP contribution in [0, 0.1) is 18.3 Å². The van der Waals surface area contributed by atoms with Crippen molar-refractivity contribution in [2.24, 2.45) is 0 Å². The van der Waals surface area contributed by atoms with Gasteiger partial charge in [0.2, 0.25) is 5.91 Å². The molecule has 0 bridgehead atoms. The number of alkyl halides is 2. The predicted molar refractivity (Wildman–Crippen MR) is 93.1 cm³/mol. The number of aryl methyl sites for hydroxylation is 1. The minimum Gasteiger partial charge on any atom is -0.342 e. The third-order valence-corrected chi connectivity index (χ3v) is 5.07. The van der Waals surface area contributed by atoms with Crippen molar-refractivity contribution in [2.45, 2.75) is 25.3 Å². The van der Waals surface area contributed by atoms with Gasteiger partial charge in [0.15, 0.2) is 0 Å².